The molecule has 0 amide bonds. The molecule has 0 radical (unpaired) electrons. The van der Waals surface area contributed by atoms with E-state index in [0.717, 1.165) is 0 Å². The van der Waals surface area contributed by atoms with E-state index in [0.29, 0.717) is 30.4 Å². The van der Waals surface area contributed by atoms with Crippen molar-refractivity contribution in [1.29, 1.82) is 0 Å². The van der Waals surface area contributed by atoms with Crippen LogP contribution in [-0.2, 0) is 6.54 Å². The lowest BCUT2D eigenvalue weighted by molar-refractivity contribution is 0.164. The topological polar surface area (TPSA) is 83.4 Å². The fourth-order valence-electron chi connectivity index (χ4n) is 1.69. The monoisotopic (exact) mass is 251 g/mol. The normalized spacial score (nSPS) is 13.7. The molecule has 0 saturated heterocycles. The smallest absolute Gasteiger partial charge is 0.240 e. The Morgan fingerprint density at radius 2 is 2.11 bits per heavy atom. The number of nitrogens with zero attached hydrogens (tertiary/aromatic N) is 2. The van der Waals surface area contributed by atoms with Crippen molar-refractivity contribution in [1.82, 2.24) is 10.1 Å². The average molecular weight is 251 g/mol. The number of fused-ring (bicyclic) bond motifs is 1. The molecule has 2 N–H and O–H groups in total. The van der Waals surface area contributed by atoms with Crippen LogP contribution < -0.4 is 15.2 Å². The fraction of sp³-hybridized carbons (Fsp3) is 0.273. The summed E-state index contributed by atoms with van der Waals surface area (Å²) in [4.78, 5) is 4.02. The van der Waals surface area contributed by atoms with Crippen LogP contribution in [0, 0.1) is 5.82 Å². The van der Waals surface area contributed by atoms with E-state index in [4.69, 9.17) is 19.7 Å². The van der Waals surface area contributed by atoms with Gasteiger partial charge < -0.3 is 19.7 Å². The van der Waals surface area contributed by atoms with Crippen molar-refractivity contribution in [2.45, 2.75) is 6.54 Å². The molecule has 2 heterocycles. The van der Waals surface area contributed by atoms with Crippen molar-refractivity contribution in [2.75, 3.05) is 13.2 Å². The molecule has 1 aromatic heterocycles. The fourth-order valence-corrected chi connectivity index (χ4v) is 1.69. The van der Waals surface area contributed by atoms with Gasteiger partial charge in [0.1, 0.15) is 13.2 Å². The van der Waals surface area contributed by atoms with Crippen LogP contribution >= 0.6 is 0 Å². The van der Waals surface area contributed by atoms with Crippen molar-refractivity contribution in [3.05, 3.63) is 23.8 Å². The third-order valence-electron chi connectivity index (χ3n) is 2.50. The van der Waals surface area contributed by atoms with E-state index in [1.165, 1.54) is 6.07 Å². The van der Waals surface area contributed by atoms with Gasteiger partial charge in [0, 0.05) is 5.56 Å². The van der Waals surface area contributed by atoms with Crippen molar-refractivity contribution >= 4 is 0 Å². The SMILES string of the molecule is NCc1nc(-c2cc(F)c3c(c2)OCCO3)no1. The molecule has 7 heteroatoms. The number of halogens is 1. The molecule has 0 spiro atoms. The number of hydrogen-bond acceptors (Lipinski definition) is 6. The van der Waals surface area contributed by atoms with Crippen LogP contribution in [0.4, 0.5) is 4.39 Å². The Kier molecular flexibility index (Phi) is 2.60. The molecule has 2 aromatic rings. The Labute approximate surface area is 101 Å². The summed E-state index contributed by atoms with van der Waals surface area (Å²) in [7, 11) is 0. The van der Waals surface area contributed by atoms with Crippen molar-refractivity contribution in [3.63, 3.8) is 0 Å². The number of rotatable bonds is 2. The minimum Gasteiger partial charge on any atom is -0.486 e. The number of ether oxygens (including phenoxy) is 2. The van der Waals surface area contributed by atoms with Gasteiger partial charge in [-0.3, -0.25) is 0 Å². The maximum Gasteiger partial charge on any atom is 0.240 e. The number of benzene rings is 1. The quantitative estimate of drug-likeness (QED) is 0.860. The predicted molar refractivity (Wildman–Crippen MR) is 58.6 cm³/mol. The summed E-state index contributed by atoms with van der Waals surface area (Å²) in [6.45, 7) is 0.860. The average Bonchev–Trinajstić information content (AvgIpc) is 2.87. The zero-order valence-electron chi connectivity index (χ0n) is 9.35. The van der Waals surface area contributed by atoms with Gasteiger partial charge in [-0.25, -0.2) is 4.39 Å². The summed E-state index contributed by atoms with van der Waals surface area (Å²) in [5.74, 6) is 0.510. The first kappa shape index (κ1) is 11.0. The van der Waals surface area contributed by atoms with E-state index >= 15 is 0 Å². The Balaban J connectivity index is 2.04. The lowest BCUT2D eigenvalue weighted by Gasteiger charge is -2.19. The van der Waals surface area contributed by atoms with Gasteiger partial charge in [-0.15, -0.1) is 0 Å². The lowest BCUT2D eigenvalue weighted by Crippen LogP contribution is -2.16. The highest BCUT2D eigenvalue weighted by molar-refractivity contribution is 5.61. The Hall–Kier alpha value is -2.15. The molecule has 0 aliphatic carbocycles. The third-order valence-corrected chi connectivity index (χ3v) is 2.50. The molecule has 94 valence electrons. The molecule has 0 atom stereocenters. The Morgan fingerprint density at radius 1 is 1.28 bits per heavy atom. The Morgan fingerprint density at radius 3 is 2.89 bits per heavy atom. The second kappa shape index (κ2) is 4.26. The van der Waals surface area contributed by atoms with Crippen molar-refractivity contribution < 1.29 is 18.4 Å². The molecule has 6 nitrogen and oxygen atoms in total. The third kappa shape index (κ3) is 1.78. The van der Waals surface area contributed by atoms with Crippen LogP contribution in [0.1, 0.15) is 5.89 Å². The number of nitrogens with two attached hydrogens (primary N) is 1. The zero-order chi connectivity index (χ0) is 12.5. The zero-order valence-corrected chi connectivity index (χ0v) is 9.35. The predicted octanol–water partition coefficient (Wildman–Crippen LogP) is 1.11. The van der Waals surface area contributed by atoms with E-state index in [9.17, 15) is 4.39 Å². The van der Waals surface area contributed by atoms with E-state index < -0.39 is 5.82 Å². The van der Waals surface area contributed by atoms with Crippen LogP contribution in [0.3, 0.4) is 0 Å². The molecule has 0 bridgehead atoms. The summed E-state index contributed by atoms with van der Waals surface area (Å²) in [5.41, 5.74) is 5.83. The Bertz CT molecular complexity index is 585. The van der Waals surface area contributed by atoms with Gasteiger partial charge in [0.25, 0.3) is 0 Å². The van der Waals surface area contributed by atoms with Gasteiger partial charge in [0.2, 0.25) is 11.7 Å². The van der Waals surface area contributed by atoms with Crippen LogP contribution in [0.15, 0.2) is 16.7 Å². The molecule has 0 fully saturated rings. The lowest BCUT2D eigenvalue weighted by atomic mass is 10.1. The molecular weight excluding hydrogens is 241 g/mol. The van der Waals surface area contributed by atoms with Gasteiger partial charge in [0.15, 0.2) is 17.3 Å². The second-order valence-electron chi connectivity index (χ2n) is 3.70. The van der Waals surface area contributed by atoms with E-state index in [1.807, 2.05) is 0 Å². The highest BCUT2D eigenvalue weighted by Crippen LogP contribution is 2.36. The van der Waals surface area contributed by atoms with E-state index in [2.05, 4.69) is 10.1 Å². The molecule has 1 aromatic carbocycles. The summed E-state index contributed by atoms with van der Waals surface area (Å²) < 4.78 is 29.2. The maximum atomic E-state index is 13.8. The first-order chi connectivity index (χ1) is 8.78. The summed E-state index contributed by atoms with van der Waals surface area (Å²) in [6.07, 6.45) is 0. The summed E-state index contributed by atoms with van der Waals surface area (Å²) >= 11 is 0. The van der Waals surface area contributed by atoms with Crippen LogP contribution in [0.25, 0.3) is 11.4 Å². The second-order valence-corrected chi connectivity index (χ2v) is 3.70. The van der Waals surface area contributed by atoms with Gasteiger partial charge >= 0.3 is 0 Å². The molecule has 18 heavy (non-hydrogen) atoms. The van der Waals surface area contributed by atoms with E-state index in [1.54, 1.807) is 6.07 Å². The summed E-state index contributed by atoms with van der Waals surface area (Å²) in [6, 6.07) is 2.89. The van der Waals surface area contributed by atoms with Gasteiger partial charge in [-0.2, -0.15) is 4.98 Å². The van der Waals surface area contributed by atoms with Gasteiger partial charge in [0.05, 0.1) is 6.54 Å². The largest absolute Gasteiger partial charge is 0.486 e. The first-order valence-corrected chi connectivity index (χ1v) is 5.40. The van der Waals surface area contributed by atoms with Gasteiger partial charge in [-0.05, 0) is 12.1 Å². The summed E-state index contributed by atoms with van der Waals surface area (Å²) in [5, 5.41) is 3.72. The highest BCUT2D eigenvalue weighted by Gasteiger charge is 2.20. The van der Waals surface area contributed by atoms with Gasteiger partial charge in [-0.1, -0.05) is 5.16 Å². The molecule has 1 aliphatic heterocycles. The van der Waals surface area contributed by atoms with Crippen molar-refractivity contribution in [2.24, 2.45) is 5.73 Å². The van der Waals surface area contributed by atoms with E-state index in [-0.39, 0.29) is 18.1 Å². The van der Waals surface area contributed by atoms with Crippen LogP contribution in [0.2, 0.25) is 0 Å². The minimum absolute atomic E-state index is 0.118. The molecule has 0 saturated carbocycles. The van der Waals surface area contributed by atoms with Crippen LogP contribution in [-0.4, -0.2) is 23.4 Å². The molecule has 1 aliphatic rings. The standard InChI is InChI=1S/C11H10FN3O3/c12-7-3-6(11-14-9(5-13)18-15-11)4-8-10(7)17-2-1-16-8/h3-4H,1-2,5,13H2. The van der Waals surface area contributed by atoms with Crippen LogP contribution in [0.5, 0.6) is 11.5 Å². The van der Waals surface area contributed by atoms with Crippen molar-refractivity contribution in [3.8, 4) is 22.9 Å². The molecule has 3 rings (SSSR count). The number of aromatic nitrogens is 2. The molecular formula is C11H10FN3O3. The molecule has 0 unspecified atom stereocenters. The number of hydrogen-bond donors (Lipinski definition) is 1. The highest BCUT2D eigenvalue weighted by atomic mass is 19.1. The maximum absolute atomic E-state index is 13.8. The first-order valence-electron chi connectivity index (χ1n) is 5.40. The minimum atomic E-state index is -0.513.